The van der Waals surface area contributed by atoms with E-state index in [-0.39, 0.29) is 11.9 Å². The lowest BCUT2D eigenvalue weighted by Gasteiger charge is -2.05. The van der Waals surface area contributed by atoms with Crippen molar-refractivity contribution in [3.63, 3.8) is 0 Å². The molecule has 0 unspecified atom stereocenters. The molecule has 0 saturated heterocycles. The summed E-state index contributed by atoms with van der Waals surface area (Å²) in [6.07, 6.45) is 5.09. The highest BCUT2D eigenvalue weighted by molar-refractivity contribution is 7.10. The maximum Gasteiger partial charge on any atom is 0.338 e. The fourth-order valence-electron chi connectivity index (χ4n) is 1.81. The molecule has 1 N–H and O–H groups in total. The maximum atomic E-state index is 11.8. The van der Waals surface area contributed by atoms with Crippen LogP contribution >= 0.6 is 11.3 Å². The van der Waals surface area contributed by atoms with Crippen molar-refractivity contribution in [2.45, 2.75) is 19.8 Å². The van der Waals surface area contributed by atoms with Gasteiger partial charge >= 0.3 is 5.97 Å². The fraction of sp³-hybridized carbons (Fsp3) is 0.222. The quantitative estimate of drug-likeness (QED) is 0.466. The lowest BCUT2D eigenvalue weighted by atomic mass is 10.2. The number of hydrogen-bond donors (Lipinski definition) is 1. The molecule has 0 aliphatic rings. The van der Waals surface area contributed by atoms with Gasteiger partial charge in [-0.05, 0) is 48.2 Å². The van der Waals surface area contributed by atoms with Gasteiger partial charge < -0.3 is 10.1 Å². The number of esters is 1. The average Bonchev–Trinajstić information content (AvgIpc) is 3.07. The van der Waals surface area contributed by atoms with Gasteiger partial charge in [-0.25, -0.2) is 4.79 Å². The van der Waals surface area contributed by atoms with E-state index in [0.29, 0.717) is 17.9 Å². The van der Waals surface area contributed by atoms with Gasteiger partial charge in [-0.3, -0.25) is 4.79 Å². The number of nitrogens with one attached hydrogen (secondary N) is 1. The average molecular weight is 329 g/mol. The third-order valence-electron chi connectivity index (χ3n) is 3.06. The van der Waals surface area contributed by atoms with Crippen molar-refractivity contribution < 1.29 is 14.3 Å². The summed E-state index contributed by atoms with van der Waals surface area (Å²) in [5.41, 5.74) is 1.11. The molecule has 2 aromatic rings. The number of benzene rings is 1. The summed E-state index contributed by atoms with van der Waals surface area (Å²) in [5, 5.41) is 4.70. The first-order chi connectivity index (χ1) is 11.2. The number of ether oxygens (including phenoxy) is 1. The Balaban J connectivity index is 1.87. The van der Waals surface area contributed by atoms with E-state index in [9.17, 15) is 9.59 Å². The predicted molar refractivity (Wildman–Crippen MR) is 93.6 cm³/mol. The number of carbonyl (C=O) groups excluding carboxylic acids is 2. The van der Waals surface area contributed by atoms with Crippen molar-refractivity contribution in [3.8, 4) is 0 Å². The number of amides is 1. The van der Waals surface area contributed by atoms with Crippen LogP contribution in [0.5, 0.6) is 0 Å². The number of unbranched alkanes of at least 4 members (excludes halogenated alkanes) is 1. The highest BCUT2D eigenvalue weighted by atomic mass is 32.1. The van der Waals surface area contributed by atoms with Crippen LogP contribution < -0.4 is 5.32 Å². The van der Waals surface area contributed by atoms with Gasteiger partial charge in [-0.1, -0.05) is 19.4 Å². The first kappa shape index (κ1) is 17.0. The van der Waals surface area contributed by atoms with E-state index in [1.807, 2.05) is 24.4 Å². The molecule has 1 heterocycles. The highest BCUT2D eigenvalue weighted by Crippen LogP contribution is 2.13. The monoisotopic (exact) mass is 329 g/mol. The van der Waals surface area contributed by atoms with E-state index in [1.54, 1.807) is 41.7 Å². The molecule has 0 aliphatic heterocycles. The molecule has 120 valence electrons. The van der Waals surface area contributed by atoms with Crippen molar-refractivity contribution in [3.05, 3.63) is 58.3 Å². The number of hydrogen-bond acceptors (Lipinski definition) is 4. The van der Waals surface area contributed by atoms with Crippen LogP contribution in [0.15, 0.2) is 47.9 Å². The third kappa shape index (κ3) is 5.71. The van der Waals surface area contributed by atoms with E-state index in [1.165, 1.54) is 6.08 Å². The molecule has 23 heavy (non-hydrogen) atoms. The summed E-state index contributed by atoms with van der Waals surface area (Å²) in [6, 6.07) is 10.5. The molecule has 0 spiro atoms. The highest BCUT2D eigenvalue weighted by Gasteiger charge is 2.07. The molecular formula is C18H19NO3S. The van der Waals surface area contributed by atoms with Gasteiger partial charge in [0.2, 0.25) is 5.91 Å². The van der Waals surface area contributed by atoms with Gasteiger partial charge in [0.15, 0.2) is 0 Å². The second kappa shape index (κ2) is 8.90. The molecule has 1 amide bonds. The Labute approximate surface area is 139 Å². The van der Waals surface area contributed by atoms with E-state index in [4.69, 9.17) is 4.74 Å². The minimum atomic E-state index is -0.339. The van der Waals surface area contributed by atoms with Crippen molar-refractivity contribution in [2.75, 3.05) is 11.9 Å². The van der Waals surface area contributed by atoms with Crippen molar-refractivity contribution >= 4 is 35.0 Å². The van der Waals surface area contributed by atoms with E-state index in [0.717, 1.165) is 17.7 Å². The van der Waals surface area contributed by atoms with Crippen LogP contribution in [0.25, 0.3) is 6.08 Å². The summed E-state index contributed by atoms with van der Waals surface area (Å²) in [6.45, 7) is 2.47. The smallest absolute Gasteiger partial charge is 0.338 e. The second-order valence-electron chi connectivity index (χ2n) is 4.90. The van der Waals surface area contributed by atoms with E-state index >= 15 is 0 Å². The lowest BCUT2D eigenvalue weighted by Crippen LogP contribution is -2.09. The summed E-state index contributed by atoms with van der Waals surface area (Å²) in [7, 11) is 0. The second-order valence-corrected chi connectivity index (χ2v) is 5.88. The van der Waals surface area contributed by atoms with Crippen LogP contribution in [0.4, 0.5) is 5.69 Å². The fourth-order valence-corrected chi connectivity index (χ4v) is 2.43. The number of carbonyl (C=O) groups is 2. The molecule has 5 heteroatoms. The molecule has 2 rings (SSSR count). The molecule has 0 aliphatic carbocycles. The summed E-state index contributed by atoms with van der Waals surface area (Å²) >= 11 is 1.57. The van der Waals surface area contributed by atoms with Crippen molar-refractivity contribution in [1.82, 2.24) is 0 Å². The van der Waals surface area contributed by atoms with Gasteiger partial charge in [-0.2, -0.15) is 0 Å². The molecule has 1 aromatic heterocycles. The zero-order valence-corrected chi connectivity index (χ0v) is 13.8. The van der Waals surface area contributed by atoms with Gasteiger partial charge in [0.25, 0.3) is 0 Å². The molecule has 0 radical (unpaired) electrons. The summed E-state index contributed by atoms with van der Waals surface area (Å²) < 4.78 is 5.13. The van der Waals surface area contributed by atoms with Crippen LogP contribution in [0.3, 0.4) is 0 Å². The number of rotatable bonds is 7. The topological polar surface area (TPSA) is 55.4 Å². The molecule has 0 atom stereocenters. The summed E-state index contributed by atoms with van der Waals surface area (Å²) in [4.78, 5) is 24.6. The maximum absolute atomic E-state index is 11.8. The Morgan fingerprint density at radius 1 is 1.22 bits per heavy atom. The Kier molecular flexibility index (Phi) is 6.56. The van der Waals surface area contributed by atoms with Crippen LogP contribution in [0, 0.1) is 0 Å². The molecular weight excluding hydrogens is 310 g/mol. The Morgan fingerprint density at radius 2 is 2.00 bits per heavy atom. The number of anilines is 1. The van der Waals surface area contributed by atoms with Crippen LogP contribution in [-0.4, -0.2) is 18.5 Å². The minimum absolute atomic E-state index is 0.211. The molecule has 0 saturated carbocycles. The van der Waals surface area contributed by atoms with E-state index in [2.05, 4.69) is 5.32 Å². The molecule has 0 bridgehead atoms. The van der Waals surface area contributed by atoms with Gasteiger partial charge in [0.1, 0.15) is 0 Å². The first-order valence-corrected chi connectivity index (χ1v) is 8.37. The standard InChI is InChI=1S/C18H19NO3S/c1-2-3-12-22-18(21)14-6-8-15(9-7-14)19-17(20)11-10-16-5-4-13-23-16/h4-11,13H,2-3,12H2,1H3,(H,19,20). The Morgan fingerprint density at radius 3 is 2.65 bits per heavy atom. The third-order valence-corrected chi connectivity index (χ3v) is 3.90. The normalized spacial score (nSPS) is 10.7. The minimum Gasteiger partial charge on any atom is -0.462 e. The van der Waals surface area contributed by atoms with Crippen LogP contribution in [0.2, 0.25) is 0 Å². The largest absolute Gasteiger partial charge is 0.462 e. The van der Waals surface area contributed by atoms with Crippen molar-refractivity contribution in [1.29, 1.82) is 0 Å². The van der Waals surface area contributed by atoms with Gasteiger partial charge in [0, 0.05) is 16.6 Å². The summed E-state index contributed by atoms with van der Waals surface area (Å²) in [5.74, 6) is -0.550. The van der Waals surface area contributed by atoms with Crippen LogP contribution in [-0.2, 0) is 9.53 Å². The molecule has 4 nitrogen and oxygen atoms in total. The Hall–Kier alpha value is -2.40. The first-order valence-electron chi connectivity index (χ1n) is 7.49. The van der Waals surface area contributed by atoms with Crippen molar-refractivity contribution in [2.24, 2.45) is 0 Å². The SMILES string of the molecule is CCCCOC(=O)c1ccc(NC(=O)C=Cc2cccs2)cc1. The zero-order valence-electron chi connectivity index (χ0n) is 13.0. The molecule has 1 aromatic carbocycles. The predicted octanol–water partition coefficient (Wildman–Crippen LogP) is 4.36. The Bertz CT molecular complexity index is 660. The van der Waals surface area contributed by atoms with Crippen LogP contribution in [0.1, 0.15) is 35.0 Å². The number of thiophene rings is 1. The van der Waals surface area contributed by atoms with Gasteiger partial charge in [0.05, 0.1) is 12.2 Å². The van der Waals surface area contributed by atoms with Gasteiger partial charge in [-0.15, -0.1) is 11.3 Å². The zero-order chi connectivity index (χ0) is 16.5. The van der Waals surface area contributed by atoms with E-state index < -0.39 is 0 Å². The lowest BCUT2D eigenvalue weighted by molar-refractivity contribution is -0.111. The molecule has 0 fully saturated rings.